The summed E-state index contributed by atoms with van der Waals surface area (Å²) in [5, 5.41) is 13.2. The van der Waals surface area contributed by atoms with Gasteiger partial charge in [-0.1, -0.05) is 77.5 Å². The predicted molar refractivity (Wildman–Crippen MR) is 146 cm³/mol. The quantitative estimate of drug-likeness (QED) is 0.280. The van der Waals surface area contributed by atoms with Crippen LogP contribution in [0.25, 0.3) is 22.4 Å². The van der Waals surface area contributed by atoms with Gasteiger partial charge in [-0.25, -0.2) is 4.98 Å². The van der Waals surface area contributed by atoms with Crippen molar-refractivity contribution < 1.29 is 9.53 Å². The summed E-state index contributed by atoms with van der Waals surface area (Å²) in [6.07, 6.45) is 0. The molecule has 0 aliphatic carbocycles. The van der Waals surface area contributed by atoms with Gasteiger partial charge in [0.25, 0.3) is 0 Å². The Bertz CT molecular complexity index is 1420. The SMILES string of the molecule is COc1ccccc1-c1cc(-c2ccc(C)cc2)nc(S[C@@H](C)C(=O)Nc2ccc(C)cc2)c1C#N. The number of ether oxygens (including phenoxy) is 1. The first kappa shape index (κ1) is 25.0. The highest BCUT2D eigenvalue weighted by Crippen LogP contribution is 2.39. The zero-order valence-corrected chi connectivity index (χ0v) is 21.5. The Morgan fingerprint density at radius 3 is 2.25 bits per heavy atom. The van der Waals surface area contributed by atoms with Crippen molar-refractivity contribution in [3.05, 3.63) is 95.6 Å². The molecular weight excluding hydrogens is 466 g/mol. The Morgan fingerprint density at radius 2 is 1.61 bits per heavy atom. The lowest BCUT2D eigenvalue weighted by Crippen LogP contribution is -2.22. The lowest BCUT2D eigenvalue weighted by atomic mass is 9.98. The van der Waals surface area contributed by atoms with Crippen LogP contribution < -0.4 is 10.1 Å². The van der Waals surface area contributed by atoms with Gasteiger partial charge in [0.05, 0.1) is 23.6 Å². The molecule has 1 atom stereocenters. The first-order chi connectivity index (χ1) is 17.4. The van der Waals surface area contributed by atoms with Crippen molar-refractivity contribution >= 4 is 23.4 Å². The van der Waals surface area contributed by atoms with Crippen molar-refractivity contribution in [2.75, 3.05) is 12.4 Å². The molecule has 3 aromatic carbocycles. The first-order valence-electron chi connectivity index (χ1n) is 11.6. The third kappa shape index (κ3) is 5.59. The van der Waals surface area contributed by atoms with Crippen LogP contribution in [0.1, 0.15) is 23.6 Å². The summed E-state index contributed by atoms with van der Waals surface area (Å²) >= 11 is 1.27. The number of carbonyl (C=O) groups is 1. The van der Waals surface area contributed by atoms with Crippen LogP contribution in [0.4, 0.5) is 5.69 Å². The van der Waals surface area contributed by atoms with Crippen molar-refractivity contribution in [2.45, 2.75) is 31.0 Å². The minimum absolute atomic E-state index is 0.158. The van der Waals surface area contributed by atoms with Gasteiger partial charge in [-0.15, -0.1) is 0 Å². The summed E-state index contributed by atoms with van der Waals surface area (Å²) in [5.41, 5.74) is 6.58. The van der Waals surface area contributed by atoms with Crippen LogP contribution in [0, 0.1) is 25.2 Å². The highest BCUT2D eigenvalue weighted by Gasteiger charge is 2.22. The van der Waals surface area contributed by atoms with E-state index < -0.39 is 5.25 Å². The summed E-state index contributed by atoms with van der Waals surface area (Å²) in [7, 11) is 1.61. The smallest absolute Gasteiger partial charge is 0.237 e. The van der Waals surface area contributed by atoms with Crippen LogP contribution in [-0.2, 0) is 4.79 Å². The maximum Gasteiger partial charge on any atom is 0.237 e. The number of para-hydroxylation sites is 1. The molecule has 0 saturated carbocycles. The van der Waals surface area contributed by atoms with Crippen LogP contribution in [0.15, 0.2) is 83.9 Å². The lowest BCUT2D eigenvalue weighted by Gasteiger charge is -2.17. The van der Waals surface area contributed by atoms with E-state index in [2.05, 4.69) is 11.4 Å². The van der Waals surface area contributed by atoms with Crippen LogP contribution in [0.3, 0.4) is 0 Å². The van der Waals surface area contributed by atoms with E-state index in [0.717, 1.165) is 33.6 Å². The molecule has 0 fully saturated rings. The largest absolute Gasteiger partial charge is 0.496 e. The predicted octanol–water partition coefficient (Wildman–Crippen LogP) is 7.03. The summed E-state index contributed by atoms with van der Waals surface area (Å²) in [6, 6.07) is 27.6. The van der Waals surface area contributed by atoms with E-state index in [0.29, 0.717) is 21.9 Å². The second-order valence-corrected chi connectivity index (χ2v) is 9.86. The van der Waals surface area contributed by atoms with Crippen molar-refractivity contribution in [2.24, 2.45) is 0 Å². The number of carbonyl (C=O) groups excluding carboxylic acids is 1. The molecule has 1 amide bonds. The van der Waals surface area contributed by atoms with Crippen molar-refractivity contribution in [1.29, 1.82) is 5.26 Å². The van der Waals surface area contributed by atoms with Gasteiger partial charge in [0.2, 0.25) is 5.91 Å². The molecule has 6 heteroatoms. The Morgan fingerprint density at radius 1 is 0.972 bits per heavy atom. The van der Waals surface area contributed by atoms with Crippen molar-refractivity contribution in [3.63, 3.8) is 0 Å². The van der Waals surface area contributed by atoms with Crippen molar-refractivity contribution in [1.82, 2.24) is 4.98 Å². The molecule has 1 N–H and O–H groups in total. The molecule has 0 saturated heterocycles. The number of anilines is 1. The number of hydrogen-bond acceptors (Lipinski definition) is 5. The second kappa shape index (κ2) is 11.1. The van der Waals surface area contributed by atoms with Gasteiger partial charge >= 0.3 is 0 Å². The molecule has 1 aromatic heterocycles. The highest BCUT2D eigenvalue weighted by atomic mass is 32.2. The normalized spacial score (nSPS) is 11.4. The molecule has 1 heterocycles. The maximum absolute atomic E-state index is 13.0. The number of thioether (sulfide) groups is 1. The molecule has 4 aromatic rings. The number of nitriles is 1. The number of amides is 1. The number of nitrogens with one attached hydrogen (secondary N) is 1. The fourth-order valence-corrected chi connectivity index (χ4v) is 4.69. The van der Waals surface area contributed by atoms with E-state index in [-0.39, 0.29) is 5.91 Å². The number of pyridine rings is 1. The monoisotopic (exact) mass is 493 g/mol. The number of rotatable bonds is 7. The zero-order valence-electron chi connectivity index (χ0n) is 20.7. The van der Waals surface area contributed by atoms with Gasteiger partial charge in [0.15, 0.2) is 0 Å². The molecule has 180 valence electrons. The van der Waals surface area contributed by atoms with Gasteiger partial charge in [-0.05, 0) is 45.0 Å². The Labute approximate surface area is 216 Å². The Hall–Kier alpha value is -4.08. The van der Waals surface area contributed by atoms with Gasteiger partial charge in [-0.3, -0.25) is 4.79 Å². The van der Waals surface area contributed by atoms with Gasteiger partial charge in [0.1, 0.15) is 16.8 Å². The standard InChI is InChI=1S/C30H27N3O2S/c1-19-9-13-22(14-10-19)27-17-25(24-7-5-6-8-28(24)35-4)26(18-31)30(33-27)36-21(3)29(34)32-23-15-11-20(2)12-16-23/h5-17,21H,1-4H3,(H,32,34)/t21-/m0/s1. The summed E-state index contributed by atoms with van der Waals surface area (Å²) in [6.45, 7) is 5.85. The number of hydrogen-bond donors (Lipinski definition) is 1. The van der Waals surface area contributed by atoms with Crippen molar-refractivity contribution in [3.8, 4) is 34.2 Å². The molecule has 0 aliphatic heterocycles. The van der Waals surface area contributed by atoms with E-state index in [9.17, 15) is 10.1 Å². The van der Waals surface area contributed by atoms with E-state index >= 15 is 0 Å². The van der Waals surface area contributed by atoms with Crippen LogP contribution in [-0.4, -0.2) is 23.3 Å². The van der Waals surface area contributed by atoms with E-state index in [1.165, 1.54) is 11.8 Å². The molecular formula is C30H27N3O2S. The fourth-order valence-electron chi connectivity index (χ4n) is 3.77. The van der Waals surface area contributed by atoms with Gasteiger partial charge < -0.3 is 10.1 Å². The average molecular weight is 494 g/mol. The van der Waals surface area contributed by atoms with Crippen LogP contribution in [0.2, 0.25) is 0 Å². The number of benzene rings is 3. The molecule has 0 bridgehead atoms. The number of nitrogens with zero attached hydrogens (tertiary/aromatic N) is 2. The first-order valence-corrected chi connectivity index (χ1v) is 12.5. The van der Waals surface area contributed by atoms with Crippen LogP contribution >= 0.6 is 11.8 Å². The third-order valence-electron chi connectivity index (χ3n) is 5.82. The summed E-state index contributed by atoms with van der Waals surface area (Å²) < 4.78 is 5.59. The van der Waals surface area contributed by atoms with Gasteiger partial charge in [0, 0.05) is 22.4 Å². The average Bonchev–Trinajstić information content (AvgIpc) is 2.89. The topological polar surface area (TPSA) is 75.0 Å². The fraction of sp³-hybridized carbons (Fsp3) is 0.167. The molecule has 0 spiro atoms. The maximum atomic E-state index is 13.0. The summed E-state index contributed by atoms with van der Waals surface area (Å²) in [5.74, 6) is 0.505. The zero-order chi connectivity index (χ0) is 25.7. The molecule has 5 nitrogen and oxygen atoms in total. The molecule has 36 heavy (non-hydrogen) atoms. The van der Waals surface area contributed by atoms with E-state index in [4.69, 9.17) is 9.72 Å². The highest BCUT2D eigenvalue weighted by molar-refractivity contribution is 8.00. The van der Waals surface area contributed by atoms with E-state index in [1.54, 1.807) is 7.11 Å². The Kier molecular flexibility index (Phi) is 7.72. The molecule has 0 radical (unpaired) electrons. The number of aryl methyl sites for hydroxylation is 2. The number of methoxy groups -OCH3 is 1. The minimum atomic E-state index is -0.482. The molecule has 0 aliphatic rings. The Balaban J connectivity index is 1.77. The molecule has 4 rings (SSSR count). The lowest BCUT2D eigenvalue weighted by molar-refractivity contribution is -0.115. The van der Waals surface area contributed by atoms with Crippen LogP contribution in [0.5, 0.6) is 5.75 Å². The third-order valence-corrected chi connectivity index (χ3v) is 6.91. The molecule has 0 unspecified atom stereocenters. The minimum Gasteiger partial charge on any atom is -0.496 e. The second-order valence-electron chi connectivity index (χ2n) is 8.53. The van der Waals surface area contributed by atoms with Gasteiger partial charge in [-0.2, -0.15) is 5.26 Å². The van der Waals surface area contributed by atoms with E-state index in [1.807, 2.05) is 99.6 Å². The summed E-state index contributed by atoms with van der Waals surface area (Å²) in [4.78, 5) is 17.8. The number of aromatic nitrogens is 1.